The third-order valence-electron chi connectivity index (χ3n) is 4.58. The quantitative estimate of drug-likeness (QED) is 0.756. The third-order valence-corrected chi connectivity index (χ3v) is 4.58. The molecule has 2 rings (SSSR count). The van der Waals surface area contributed by atoms with Gasteiger partial charge >= 0.3 is 6.03 Å². The van der Waals surface area contributed by atoms with Crippen LogP contribution >= 0.6 is 0 Å². The van der Waals surface area contributed by atoms with Gasteiger partial charge in [0, 0.05) is 18.5 Å². The van der Waals surface area contributed by atoms with Crippen LogP contribution in [0, 0.1) is 5.92 Å². The van der Waals surface area contributed by atoms with Crippen LogP contribution in [0.3, 0.4) is 0 Å². The van der Waals surface area contributed by atoms with Gasteiger partial charge in [0.15, 0.2) is 0 Å². The fourth-order valence-corrected chi connectivity index (χ4v) is 3.27. The van der Waals surface area contributed by atoms with E-state index < -0.39 is 0 Å². The molecule has 1 aromatic rings. The average Bonchev–Trinajstić information content (AvgIpc) is 2.89. The first-order chi connectivity index (χ1) is 10.6. The van der Waals surface area contributed by atoms with Crippen LogP contribution in [0.25, 0.3) is 0 Å². The van der Waals surface area contributed by atoms with Crippen molar-refractivity contribution in [1.29, 1.82) is 0 Å². The molecule has 0 aromatic heterocycles. The minimum absolute atomic E-state index is 0.0923. The molecule has 1 aromatic carbocycles. The Morgan fingerprint density at radius 2 is 2.05 bits per heavy atom. The highest BCUT2D eigenvalue weighted by atomic mass is 16.3. The minimum atomic E-state index is -0.384. The molecule has 0 saturated heterocycles. The summed E-state index contributed by atoms with van der Waals surface area (Å²) in [5, 5.41) is 15.7. The summed E-state index contributed by atoms with van der Waals surface area (Å²) in [5.41, 5.74) is 1.15. The molecule has 1 fully saturated rings. The van der Waals surface area contributed by atoms with E-state index in [9.17, 15) is 9.90 Å². The Bertz CT molecular complexity index is 461. The first kappa shape index (κ1) is 16.8. The fraction of sp³-hybridized carbons (Fsp3) is 0.611. The molecular formula is C18H28N2O2. The molecule has 1 saturated carbocycles. The Morgan fingerprint density at radius 1 is 1.32 bits per heavy atom. The molecule has 1 aliphatic rings. The molecule has 1 aliphatic carbocycles. The van der Waals surface area contributed by atoms with Gasteiger partial charge in [-0.25, -0.2) is 4.79 Å². The van der Waals surface area contributed by atoms with E-state index in [0.29, 0.717) is 24.9 Å². The van der Waals surface area contributed by atoms with E-state index in [1.807, 2.05) is 30.3 Å². The van der Waals surface area contributed by atoms with Crippen LogP contribution < -0.4 is 10.6 Å². The smallest absolute Gasteiger partial charge is 0.315 e. The minimum Gasteiger partial charge on any atom is -0.393 e. The van der Waals surface area contributed by atoms with Crippen molar-refractivity contribution in [1.82, 2.24) is 10.6 Å². The molecule has 4 unspecified atom stereocenters. The van der Waals surface area contributed by atoms with Crippen molar-refractivity contribution < 1.29 is 9.90 Å². The Balaban J connectivity index is 1.86. The lowest BCUT2D eigenvalue weighted by Crippen LogP contribution is -2.44. The summed E-state index contributed by atoms with van der Waals surface area (Å²) in [7, 11) is 0. The van der Waals surface area contributed by atoms with Gasteiger partial charge in [-0.05, 0) is 37.7 Å². The lowest BCUT2D eigenvalue weighted by Gasteiger charge is -2.22. The normalized spacial score (nSPS) is 23.8. The van der Waals surface area contributed by atoms with Gasteiger partial charge in [0.05, 0.1) is 6.10 Å². The SMILES string of the molecule is CC(O)CC(CNC(=O)NC1CCCC1C)c1ccccc1. The molecule has 3 N–H and O–H groups in total. The van der Waals surface area contributed by atoms with Crippen LogP contribution in [-0.4, -0.2) is 29.8 Å². The lowest BCUT2D eigenvalue weighted by molar-refractivity contribution is 0.173. The fourth-order valence-electron chi connectivity index (χ4n) is 3.27. The van der Waals surface area contributed by atoms with Gasteiger partial charge in [-0.2, -0.15) is 0 Å². The van der Waals surface area contributed by atoms with E-state index in [2.05, 4.69) is 17.6 Å². The first-order valence-electron chi connectivity index (χ1n) is 8.33. The van der Waals surface area contributed by atoms with Crippen LogP contribution in [0.1, 0.15) is 51.0 Å². The predicted molar refractivity (Wildman–Crippen MR) is 88.8 cm³/mol. The van der Waals surface area contributed by atoms with Crippen molar-refractivity contribution in [2.24, 2.45) is 5.92 Å². The van der Waals surface area contributed by atoms with Crippen LogP contribution in [0.15, 0.2) is 30.3 Å². The summed E-state index contributed by atoms with van der Waals surface area (Å²) < 4.78 is 0. The van der Waals surface area contributed by atoms with E-state index in [-0.39, 0.29) is 18.1 Å². The second kappa shape index (κ2) is 8.18. The number of hydrogen-bond acceptors (Lipinski definition) is 2. The van der Waals surface area contributed by atoms with E-state index in [4.69, 9.17) is 0 Å². The van der Waals surface area contributed by atoms with Gasteiger partial charge < -0.3 is 15.7 Å². The molecule has 2 amide bonds. The van der Waals surface area contributed by atoms with Crippen molar-refractivity contribution in [3.8, 4) is 0 Å². The molecule has 0 heterocycles. The topological polar surface area (TPSA) is 61.4 Å². The number of aliphatic hydroxyl groups excluding tert-OH is 1. The predicted octanol–water partition coefficient (Wildman–Crippen LogP) is 3.03. The molecule has 4 heteroatoms. The number of aliphatic hydroxyl groups is 1. The van der Waals surface area contributed by atoms with Gasteiger partial charge in [0.25, 0.3) is 0 Å². The van der Waals surface area contributed by atoms with E-state index >= 15 is 0 Å². The zero-order valence-corrected chi connectivity index (χ0v) is 13.6. The number of nitrogens with one attached hydrogen (secondary N) is 2. The largest absolute Gasteiger partial charge is 0.393 e. The maximum atomic E-state index is 12.1. The summed E-state index contributed by atoms with van der Waals surface area (Å²) in [4.78, 5) is 12.1. The second-order valence-electron chi connectivity index (χ2n) is 6.56. The van der Waals surface area contributed by atoms with E-state index in [1.165, 1.54) is 12.8 Å². The highest BCUT2D eigenvalue weighted by Crippen LogP contribution is 2.24. The monoisotopic (exact) mass is 304 g/mol. The first-order valence-corrected chi connectivity index (χ1v) is 8.33. The molecule has 22 heavy (non-hydrogen) atoms. The second-order valence-corrected chi connectivity index (χ2v) is 6.56. The Morgan fingerprint density at radius 3 is 2.64 bits per heavy atom. The van der Waals surface area contributed by atoms with Crippen molar-refractivity contribution in [2.75, 3.05) is 6.54 Å². The Hall–Kier alpha value is -1.55. The average molecular weight is 304 g/mol. The number of hydrogen-bond donors (Lipinski definition) is 3. The summed E-state index contributed by atoms with van der Waals surface area (Å²) in [6, 6.07) is 10.3. The van der Waals surface area contributed by atoms with Gasteiger partial charge in [-0.15, -0.1) is 0 Å². The molecule has 0 spiro atoms. The molecule has 0 bridgehead atoms. The van der Waals surface area contributed by atoms with E-state index in [0.717, 1.165) is 12.0 Å². The number of amides is 2. The standard InChI is InChI=1S/C18H28N2O2/c1-13-7-6-10-17(13)20-18(22)19-12-16(11-14(2)21)15-8-4-3-5-9-15/h3-5,8-9,13-14,16-17,21H,6-7,10-12H2,1-2H3,(H2,19,20,22). The highest BCUT2D eigenvalue weighted by Gasteiger charge is 2.25. The van der Waals surface area contributed by atoms with Gasteiger partial charge in [-0.3, -0.25) is 0 Å². The molecule has 122 valence electrons. The van der Waals surface area contributed by atoms with Crippen LogP contribution in [0.5, 0.6) is 0 Å². The Kier molecular flexibility index (Phi) is 6.25. The van der Waals surface area contributed by atoms with Gasteiger partial charge in [0.2, 0.25) is 0 Å². The lowest BCUT2D eigenvalue weighted by atomic mass is 9.93. The summed E-state index contributed by atoms with van der Waals surface area (Å²) in [6.07, 6.45) is 3.72. The van der Waals surface area contributed by atoms with Crippen LogP contribution in [-0.2, 0) is 0 Å². The number of rotatable bonds is 6. The number of benzene rings is 1. The third kappa shape index (κ3) is 5.02. The molecule has 0 radical (unpaired) electrons. The maximum Gasteiger partial charge on any atom is 0.315 e. The number of carbonyl (C=O) groups is 1. The highest BCUT2D eigenvalue weighted by molar-refractivity contribution is 5.74. The number of urea groups is 1. The van der Waals surface area contributed by atoms with Crippen LogP contribution in [0.2, 0.25) is 0 Å². The Labute approximate surface area is 133 Å². The van der Waals surface area contributed by atoms with Crippen LogP contribution in [0.4, 0.5) is 4.79 Å². The molecular weight excluding hydrogens is 276 g/mol. The summed E-state index contributed by atoms with van der Waals surface area (Å²) >= 11 is 0. The van der Waals surface area contributed by atoms with Crippen molar-refractivity contribution in [3.63, 3.8) is 0 Å². The van der Waals surface area contributed by atoms with Crippen molar-refractivity contribution in [3.05, 3.63) is 35.9 Å². The maximum absolute atomic E-state index is 12.1. The molecule has 0 aliphatic heterocycles. The zero-order valence-electron chi connectivity index (χ0n) is 13.6. The molecule has 4 nitrogen and oxygen atoms in total. The number of carbonyl (C=O) groups excluding carboxylic acids is 1. The van der Waals surface area contributed by atoms with Crippen molar-refractivity contribution in [2.45, 2.75) is 57.6 Å². The van der Waals surface area contributed by atoms with Gasteiger partial charge in [-0.1, -0.05) is 43.7 Å². The van der Waals surface area contributed by atoms with Crippen molar-refractivity contribution >= 4 is 6.03 Å². The zero-order chi connectivity index (χ0) is 15.9. The summed E-state index contributed by atoms with van der Waals surface area (Å²) in [6.45, 7) is 4.52. The summed E-state index contributed by atoms with van der Waals surface area (Å²) in [5.74, 6) is 0.695. The molecule has 4 atom stereocenters. The van der Waals surface area contributed by atoms with Gasteiger partial charge in [0.1, 0.15) is 0 Å². The van der Waals surface area contributed by atoms with E-state index in [1.54, 1.807) is 6.92 Å².